The lowest BCUT2D eigenvalue weighted by Gasteiger charge is -2.10. The van der Waals surface area contributed by atoms with E-state index >= 15 is 0 Å². The molecule has 2 aromatic rings. The monoisotopic (exact) mass is 347 g/mol. The van der Waals surface area contributed by atoms with Crippen LogP contribution >= 0.6 is 15.9 Å². The first-order chi connectivity index (χ1) is 10.1. The average Bonchev–Trinajstić information content (AvgIpc) is 2.86. The molecule has 3 rings (SSSR count). The number of anilines is 1. The Hall–Kier alpha value is -1.68. The van der Waals surface area contributed by atoms with Gasteiger partial charge in [-0.3, -0.25) is 4.79 Å². The molecule has 1 unspecified atom stereocenters. The van der Waals surface area contributed by atoms with Crippen molar-refractivity contribution in [3.63, 3.8) is 0 Å². The van der Waals surface area contributed by atoms with Gasteiger partial charge in [0.05, 0.1) is 0 Å². The average molecular weight is 348 g/mol. The Morgan fingerprint density at radius 2 is 2.10 bits per heavy atom. The second-order valence-electron chi connectivity index (χ2n) is 5.32. The Kier molecular flexibility index (Phi) is 4.06. The topological polar surface area (TPSA) is 29.1 Å². The number of Topliss-reactive ketones (excluding diaryl/α,β-unsaturated/α-hetero) is 1. The highest BCUT2D eigenvalue weighted by atomic mass is 79.9. The molecule has 0 aromatic heterocycles. The predicted molar refractivity (Wildman–Crippen MR) is 85.1 cm³/mol. The summed E-state index contributed by atoms with van der Waals surface area (Å²) in [5.41, 5.74) is 3.02. The molecule has 108 valence electrons. The van der Waals surface area contributed by atoms with Crippen LogP contribution in [0.3, 0.4) is 0 Å². The number of halogens is 2. The van der Waals surface area contributed by atoms with E-state index in [1.807, 2.05) is 18.2 Å². The van der Waals surface area contributed by atoms with Crippen molar-refractivity contribution in [2.24, 2.45) is 0 Å². The standard InChI is InChI=1S/C17H15BrFNO/c18-16-6-5-13(19)7-11(16)8-14(21)9-12-10-20-17-4-2-1-3-15(12)17/h1-7,12,20H,8-10H2. The van der Waals surface area contributed by atoms with Gasteiger partial charge in [-0.2, -0.15) is 0 Å². The zero-order valence-electron chi connectivity index (χ0n) is 11.4. The van der Waals surface area contributed by atoms with Gasteiger partial charge < -0.3 is 5.32 Å². The van der Waals surface area contributed by atoms with Crippen LogP contribution in [0.5, 0.6) is 0 Å². The van der Waals surface area contributed by atoms with Crippen LogP contribution in [0.15, 0.2) is 46.9 Å². The smallest absolute Gasteiger partial charge is 0.137 e. The first-order valence-corrected chi connectivity index (χ1v) is 7.71. The molecule has 1 N–H and O–H groups in total. The first-order valence-electron chi connectivity index (χ1n) is 6.92. The van der Waals surface area contributed by atoms with Crippen molar-refractivity contribution < 1.29 is 9.18 Å². The van der Waals surface area contributed by atoms with Crippen LogP contribution in [0, 0.1) is 5.82 Å². The SMILES string of the molecule is O=C(Cc1cc(F)ccc1Br)CC1CNc2ccccc21. The van der Waals surface area contributed by atoms with Crippen molar-refractivity contribution >= 4 is 27.4 Å². The van der Waals surface area contributed by atoms with Crippen molar-refractivity contribution in [2.45, 2.75) is 18.8 Å². The number of ketones is 1. The van der Waals surface area contributed by atoms with Crippen LogP contribution in [-0.4, -0.2) is 12.3 Å². The van der Waals surface area contributed by atoms with E-state index in [0.29, 0.717) is 12.0 Å². The minimum atomic E-state index is -0.311. The van der Waals surface area contributed by atoms with Crippen LogP contribution in [0.4, 0.5) is 10.1 Å². The van der Waals surface area contributed by atoms with Gasteiger partial charge in [0, 0.05) is 35.5 Å². The number of para-hydroxylation sites is 1. The van der Waals surface area contributed by atoms with Gasteiger partial charge in [0.25, 0.3) is 0 Å². The number of carbonyl (C=O) groups excluding carboxylic acids is 1. The third-order valence-electron chi connectivity index (χ3n) is 3.81. The van der Waals surface area contributed by atoms with Gasteiger partial charge in [-0.1, -0.05) is 34.1 Å². The maximum atomic E-state index is 13.3. The van der Waals surface area contributed by atoms with Crippen LogP contribution in [0.1, 0.15) is 23.5 Å². The maximum Gasteiger partial charge on any atom is 0.137 e. The molecule has 4 heteroatoms. The number of hydrogen-bond donors (Lipinski definition) is 1. The lowest BCUT2D eigenvalue weighted by Crippen LogP contribution is -2.11. The Morgan fingerprint density at radius 3 is 2.95 bits per heavy atom. The fourth-order valence-corrected chi connectivity index (χ4v) is 3.16. The van der Waals surface area contributed by atoms with Crippen LogP contribution in [-0.2, 0) is 11.2 Å². The molecule has 0 fully saturated rings. The summed E-state index contributed by atoms with van der Waals surface area (Å²) >= 11 is 3.37. The maximum absolute atomic E-state index is 13.3. The molecule has 1 atom stereocenters. The van der Waals surface area contributed by atoms with Crippen LogP contribution in [0.25, 0.3) is 0 Å². The van der Waals surface area contributed by atoms with E-state index in [4.69, 9.17) is 0 Å². The van der Waals surface area contributed by atoms with E-state index in [2.05, 4.69) is 27.3 Å². The summed E-state index contributed by atoms with van der Waals surface area (Å²) in [6.45, 7) is 0.787. The number of hydrogen-bond acceptors (Lipinski definition) is 2. The molecule has 0 amide bonds. The lowest BCUT2D eigenvalue weighted by atomic mass is 9.93. The van der Waals surface area contributed by atoms with Crippen molar-refractivity contribution in [3.8, 4) is 0 Å². The Balaban J connectivity index is 1.69. The highest BCUT2D eigenvalue weighted by molar-refractivity contribution is 9.10. The van der Waals surface area contributed by atoms with Crippen LogP contribution in [0.2, 0.25) is 0 Å². The van der Waals surface area contributed by atoms with Gasteiger partial charge in [0.1, 0.15) is 11.6 Å². The van der Waals surface area contributed by atoms with E-state index in [0.717, 1.165) is 16.7 Å². The minimum Gasteiger partial charge on any atom is -0.384 e. The van der Waals surface area contributed by atoms with Crippen molar-refractivity contribution in [1.29, 1.82) is 0 Å². The predicted octanol–water partition coefficient (Wildman–Crippen LogP) is 4.30. The number of fused-ring (bicyclic) bond motifs is 1. The fraction of sp³-hybridized carbons (Fsp3) is 0.235. The fourth-order valence-electron chi connectivity index (χ4n) is 2.78. The molecule has 2 aromatic carbocycles. The first kappa shape index (κ1) is 14.3. The minimum absolute atomic E-state index is 0.129. The second-order valence-corrected chi connectivity index (χ2v) is 6.17. The molecule has 0 bridgehead atoms. The molecular weight excluding hydrogens is 333 g/mol. The van der Waals surface area contributed by atoms with E-state index in [1.165, 1.54) is 17.7 Å². The summed E-state index contributed by atoms with van der Waals surface area (Å²) in [6, 6.07) is 12.5. The van der Waals surface area contributed by atoms with E-state index in [-0.39, 0.29) is 23.9 Å². The molecule has 1 heterocycles. The summed E-state index contributed by atoms with van der Waals surface area (Å²) in [5.74, 6) is 0.0275. The Morgan fingerprint density at radius 1 is 1.29 bits per heavy atom. The number of carbonyl (C=O) groups is 1. The third kappa shape index (κ3) is 3.16. The number of benzene rings is 2. The summed E-state index contributed by atoms with van der Waals surface area (Å²) in [5, 5.41) is 3.32. The summed E-state index contributed by atoms with van der Waals surface area (Å²) in [6.07, 6.45) is 0.740. The highest BCUT2D eigenvalue weighted by Crippen LogP contribution is 2.33. The van der Waals surface area contributed by atoms with Crippen molar-refractivity contribution in [1.82, 2.24) is 0 Å². The molecule has 0 aliphatic carbocycles. The largest absolute Gasteiger partial charge is 0.384 e. The molecule has 0 saturated carbocycles. The molecule has 1 aliphatic heterocycles. The molecular formula is C17H15BrFNO. The third-order valence-corrected chi connectivity index (χ3v) is 4.58. The quantitative estimate of drug-likeness (QED) is 0.893. The molecule has 0 spiro atoms. The van der Waals surface area contributed by atoms with Gasteiger partial charge in [0.2, 0.25) is 0 Å². The van der Waals surface area contributed by atoms with Gasteiger partial charge in [-0.05, 0) is 35.4 Å². The van der Waals surface area contributed by atoms with E-state index < -0.39 is 0 Å². The highest BCUT2D eigenvalue weighted by Gasteiger charge is 2.24. The van der Waals surface area contributed by atoms with E-state index in [9.17, 15) is 9.18 Å². The van der Waals surface area contributed by atoms with Crippen molar-refractivity contribution in [2.75, 3.05) is 11.9 Å². The zero-order chi connectivity index (χ0) is 14.8. The van der Waals surface area contributed by atoms with Gasteiger partial charge in [0.15, 0.2) is 0 Å². The Bertz CT molecular complexity index is 686. The van der Waals surface area contributed by atoms with Crippen molar-refractivity contribution in [3.05, 3.63) is 63.9 Å². The van der Waals surface area contributed by atoms with Crippen LogP contribution < -0.4 is 5.32 Å². The summed E-state index contributed by atoms with van der Waals surface area (Å²) < 4.78 is 14.0. The second kappa shape index (κ2) is 5.98. The number of rotatable bonds is 4. The zero-order valence-corrected chi connectivity index (χ0v) is 13.0. The molecule has 21 heavy (non-hydrogen) atoms. The Labute approximate surface area is 131 Å². The van der Waals surface area contributed by atoms with Gasteiger partial charge in [-0.25, -0.2) is 4.39 Å². The summed E-state index contributed by atoms with van der Waals surface area (Å²) in [7, 11) is 0. The van der Waals surface area contributed by atoms with Gasteiger partial charge in [-0.15, -0.1) is 0 Å². The van der Waals surface area contributed by atoms with Gasteiger partial charge >= 0.3 is 0 Å². The molecule has 1 aliphatic rings. The molecule has 2 nitrogen and oxygen atoms in total. The lowest BCUT2D eigenvalue weighted by molar-refractivity contribution is -0.118. The summed E-state index contributed by atoms with van der Waals surface area (Å²) in [4.78, 5) is 12.3. The number of nitrogens with one attached hydrogen (secondary N) is 1. The molecule has 0 saturated heterocycles. The van der Waals surface area contributed by atoms with E-state index in [1.54, 1.807) is 6.07 Å². The molecule has 0 radical (unpaired) electrons. The normalized spacial score (nSPS) is 16.4.